The summed E-state index contributed by atoms with van der Waals surface area (Å²) in [5, 5.41) is -0.307. The third-order valence-corrected chi connectivity index (χ3v) is 2.79. The number of hydrogen-bond donors (Lipinski definition) is 0. The number of alkyl halides is 1. The summed E-state index contributed by atoms with van der Waals surface area (Å²) in [6, 6.07) is 9.79. The van der Waals surface area contributed by atoms with E-state index in [9.17, 15) is 0 Å². The van der Waals surface area contributed by atoms with E-state index in [0.29, 0.717) is 5.89 Å². The monoisotopic (exact) mass is 221 g/mol. The van der Waals surface area contributed by atoms with Crippen LogP contribution >= 0.6 is 11.6 Å². The van der Waals surface area contributed by atoms with Gasteiger partial charge in [0.2, 0.25) is 5.89 Å². The van der Waals surface area contributed by atoms with Gasteiger partial charge in [0.25, 0.3) is 0 Å². The molecule has 0 amide bonds. The highest BCUT2D eigenvalue weighted by atomic mass is 35.5. The van der Waals surface area contributed by atoms with E-state index in [-0.39, 0.29) is 5.38 Å². The molecule has 15 heavy (non-hydrogen) atoms. The molecule has 3 heteroatoms. The molecule has 0 saturated heterocycles. The maximum atomic E-state index is 6.26. The Labute approximate surface area is 93.9 Å². The summed E-state index contributed by atoms with van der Waals surface area (Å²) in [7, 11) is 0. The summed E-state index contributed by atoms with van der Waals surface area (Å²) >= 11 is 6.26. The van der Waals surface area contributed by atoms with Crippen LogP contribution in [0.25, 0.3) is 0 Å². The van der Waals surface area contributed by atoms with E-state index in [1.165, 1.54) is 0 Å². The van der Waals surface area contributed by atoms with Crippen molar-refractivity contribution < 1.29 is 4.42 Å². The van der Waals surface area contributed by atoms with E-state index in [2.05, 4.69) is 4.98 Å². The summed E-state index contributed by atoms with van der Waals surface area (Å²) in [6.45, 7) is 3.80. The first-order valence-corrected chi connectivity index (χ1v) is 5.25. The Morgan fingerprint density at radius 2 is 1.87 bits per heavy atom. The van der Waals surface area contributed by atoms with Crippen molar-refractivity contribution in [3.63, 3.8) is 0 Å². The van der Waals surface area contributed by atoms with E-state index in [1.807, 2.05) is 44.2 Å². The van der Waals surface area contributed by atoms with Gasteiger partial charge >= 0.3 is 0 Å². The number of rotatable bonds is 2. The Hall–Kier alpha value is -1.28. The summed E-state index contributed by atoms with van der Waals surface area (Å²) in [5.41, 5.74) is 1.90. The summed E-state index contributed by atoms with van der Waals surface area (Å²) in [5.74, 6) is 1.39. The quantitative estimate of drug-likeness (QED) is 0.724. The zero-order valence-electron chi connectivity index (χ0n) is 8.70. The Bertz CT molecular complexity index is 430. The lowest BCUT2D eigenvalue weighted by atomic mass is 10.1. The van der Waals surface area contributed by atoms with Gasteiger partial charge in [0.05, 0.1) is 5.69 Å². The molecule has 0 spiro atoms. The SMILES string of the molecule is Cc1nc(C(Cl)c2ccccc2)oc1C. The summed E-state index contributed by atoms with van der Waals surface area (Å²) in [4.78, 5) is 4.29. The molecule has 2 nitrogen and oxygen atoms in total. The Morgan fingerprint density at radius 3 is 2.40 bits per heavy atom. The van der Waals surface area contributed by atoms with E-state index < -0.39 is 0 Å². The summed E-state index contributed by atoms with van der Waals surface area (Å²) in [6.07, 6.45) is 0. The molecule has 0 saturated carbocycles. The smallest absolute Gasteiger partial charge is 0.217 e. The Morgan fingerprint density at radius 1 is 1.20 bits per heavy atom. The Balaban J connectivity index is 2.32. The van der Waals surface area contributed by atoms with E-state index in [4.69, 9.17) is 16.0 Å². The summed E-state index contributed by atoms with van der Waals surface area (Å²) < 4.78 is 5.49. The molecule has 78 valence electrons. The molecule has 1 heterocycles. The average Bonchev–Trinajstić information content (AvgIpc) is 2.59. The third kappa shape index (κ3) is 2.05. The predicted octanol–water partition coefficient (Wildman–Crippen LogP) is 3.62. The fourth-order valence-corrected chi connectivity index (χ4v) is 1.61. The molecule has 0 fully saturated rings. The Kier molecular flexibility index (Phi) is 2.78. The molecule has 0 bridgehead atoms. The molecule has 0 N–H and O–H groups in total. The van der Waals surface area contributed by atoms with Crippen molar-refractivity contribution in [3.8, 4) is 0 Å². The third-order valence-electron chi connectivity index (χ3n) is 2.35. The number of nitrogens with zero attached hydrogens (tertiary/aromatic N) is 1. The molecular weight excluding hydrogens is 210 g/mol. The minimum Gasteiger partial charge on any atom is -0.444 e. The van der Waals surface area contributed by atoms with Crippen molar-refractivity contribution >= 4 is 11.6 Å². The molecule has 1 aromatic heterocycles. The number of aryl methyl sites for hydroxylation is 2. The van der Waals surface area contributed by atoms with Crippen LogP contribution in [0.1, 0.15) is 28.3 Å². The topological polar surface area (TPSA) is 26.0 Å². The lowest BCUT2D eigenvalue weighted by Crippen LogP contribution is -1.92. The average molecular weight is 222 g/mol. The molecule has 0 aliphatic rings. The minimum absolute atomic E-state index is 0.307. The van der Waals surface area contributed by atoms with Gasteiger partial charge in [-0.1, -0.05) is 30.3 Å². The highest BCUT2D eigenvalue weighted by Crippen LogP contribution is 2.28. The van der Waals surface area contributed by atoms with Crippen LogP contribution in [0.4, 0.5) is 0 Å². The molecule has 2 rings (SSSR count). The molecule has 0 radical (unpaired) electrons. The first-order chi connectivity index (χ1) is 7.18. The second-order valence-electron chi connectivity index (χ2n) is 3.47. The molecule has 0 aliphatic heterocycles. The van der Waals surface area contributed by atoms with Crippen LogP contribution in [0.15, 0.2) is 34.7 Å². The number of hydrogen-bond acceptors (Lipinski definition) is 2. The van der Waals surface area contributed by atoms with Gasteiger partial charge in [0, 0.05) is 0 Å². The van der Waals surface area contributed by atoms with E-state index in [1.54, 1.807) is 0 Å². The zero-order chi connectivity index (χ0) is 10.8. The number of oxazole rings is 1. The second-order valence-corrected chi connectivity index (χ2v) is 3.90. The standard InChI is InChI=1S/C12H12ClNO/c1-8-9(2)15-12(14-8)11(13)10-6-4-3-5-7-10/h3-7,11H,1-2H3. The second kappa shape index (κ2) is 4.07. The van der Waals surface area contributed by atoms with Crippen molar-refractivity contribution in [2.45, 2.75) is 19.2 Å². The zero-order valence-corrected chi connectivity index (χ0v) is 9.45. The molecule has 2 aromatic rings. The first kappa shape index (κ1) is 10.2. The number of benzene rings is 1. The lowest BCUT2D eigenvalue weighted by molar-refractivity contribution is 0.476. The highest BCUT2D eigenvalue weighted by molar-refractivity contribution is 6.22. The van der Waals surface area contributed by atoms with Crippen LogP contribution in [0, 0.1) is 13.8 Å². The normalized spacial score (nSPS) is 12.7. The van der Waals surface area contributed by atoms with Gasteiger partial charge in [0.15, 0.2) is 0 Å². The maximum absolute atomic E-state index is 6.26. The van der Waals surface area contributed by atoms with Crippen LogP contribution in [0.3, 0.4) is 0 Å². The van der Waals surface area contributed by atoms with E-state index in [0.717, 1.165) is 17.0 Å². The first-order valence-electron chi connectivity index (χ1n) is 4.81. The van der Waals surface area contributed by atoms with Gasteiger partial charge in [-0.25, -0.2) is 4.98 Å². The molecule has 1 unspecified atom stereocenters. The predicted molar refractivity (Wildman–Crippen MR) is 60.1 cm³/mol. The minimum atomic E-state index is -0.307. The fraction of sp³-hybridized carbons (Fsp3) is 0.250. The van der Waals surface area contributed by atoms with Crippen molar-refractivity contribution in [2.75, 3.05) is 0 Å². The van der Waals surface area contributed by atoms with Crippen molar-refractivity contribution in [1.29, 1.82) is 0 Å². The van der Waals surface area contributed by atoms with Crippen molar-refractivity contribution in [2.24, 2.45) is 0 Å². The lowest BCUT2D eigenvalue weighted by Gasteiger charge is -2.04. The van der Waals surface area contributed by atoms with Crippen LogP contribution in [-0.4, -0.2) is 4.98 Å². The van der Waals surface area contributed by atoms with Gasteiger partial charge in [0.1, 0.15) is 11.1 Å². The largest absolute Gasteiger partial charge is 0.444 e. The van der Waals surface area contributed by atoms with Gasteiger partial charge in [-0.15, -0.1) is 11.6 Å². The van der Waals surface area contributed by atoms with E-state index >= 15 is 0 Å². The van der Waals surface area contributed by atoms with Crippen molar-refractivity contribution in [3.05, 3.63) is 53.2 Å². The van der Waals surface area contributed by atoms with Gasteiger partial charge in [-0.3, -0.25) is 0 Å². The highest BCUT2D eigenvalue weighted by Gasteiger charge is 2.17. The molecule has 0 aliphatic carbocycles. The van der Waals surface area contributed by atoms with Crippen LogP contribution in [0.2, 0.25) is 0 Å². The molecular formula is C12H12ClNO. The van der Waals surface area contributed by atoms with Gasteiger partial charge in [-0.2, -0.15) is 0 Å². The molecule has 1 atom stereocenters. The maximum Gasteiger partial charge on any atom is 0.217 e. The number of halogens is 1. The molecule has 1 aromatic carbocycles. The van der Waals surface area contributed by atoms with Crippen LogP contribution < -0.4 is 0 Å². The van der Waals surface area contributed by atoms with Crippen LogP contribution in [0.5, 0.6) is 0 Å². The van der Waals surface area contributed by atoms with Crippen molar-refractivity contribution in [1.82, 2.24) is 4.98 Å². The van der Waals surface area contributed by atoms with Gasteiger partial charge in [-0.05, 0) is 19.4 Å². The van der Waals surface area contributed by atoms with Gasteiger partial charge < -0.3 is 4.42 Å². The van der Waals surface area contributed by atoms with Crippen LogP contribution in [-0.2, 0) is 0 Å². The number of aromatic nitrogens is 1. The fourth-order valence-electron chi connectivity index (χ4n) is 1.37.